The average Bonchev–Trinajstić information content (AvgIpc) is 3.77. The summed E-state index contributed by atoms with van der Waals surface area (Å²) >= 11 is 1.57. The molecule has 15 heteroatoms. The Kier molecular flexibility index (Phi) is 9.98. The molecule has 4 heterocycles. The first-order valence-corrected chi connectivity index (χ1v) is 21.3. The van der Waals surface area contributed by atoms with Crippen molar-refractivity contribution in [1.29, 1.82) is 0 Å². The van der Waals surface area contributed by atoms with E-state index in [0.717, 1.165) is 53.0 Å². The van der Waals surface area contributed by atoms with Gasteiger partial charge in [-0.15, -0.1) is 11.3 Å². The predicted octanol–water partition coefficient (Wildman–Crippen LogP) is 4.93. The van der Waals surface area contributed by atoms with Gasteiger partial charge in [0, 0.05) is 29.3 Å². The van der Waals surface area contributed by atoms with Gasteiger partial charge in [-0.2, -0.15) is 4.98 Å². The lowest BCUT2D eigenvalue weighted by atomic mass is 10.1. The molecule has 0 radical (unpaired) electrons. The summed E-state index contributed by atoms with van der Waals surface area (Å²) in [5.41, 5.74) is 8.56. The maximum Gasteiger partial charge on any atom is 0.297 e. The Bertz CT molecular complexity index is 2050. The molecule has 1 saturated heterocycles. The van der Waals surface area contributed by atoms with Crippen molar-refractivity contribution in [2.24, 2.45) is 11.7 Å². The van der Waals surface area contributed by atoms with Crippen molar-refractivity contribution in [3.8, 4) is 16.6 Å². The van der Waals surface area contributed by atoms with Gasteiger partial charge in [0.25, 0.3) is 11.9 Å². The second kappa shape index (κ2) is 14.1. The molecule has 0 bridgehead atoms. The molecule has 2 aliphatic heterocycles. The van der Waals surface area contributed by atoms with Gasteiger partial charge in [0.2, 0.25) is 21.8 Å². The number of allylic oxidation sites excluding steroid dienone is 1. The number of nitrogens with two attached hydrogens (primary N) is 1. The molecule has 0 spiro atoms. The lowest BCUT2D eigenvalue weighted by Gasteiger charge is -2.28. The number of nitrogens with zero attached hydrogens (tertiary/aromatic N) is 4. The predicted molar refractivity (Wildman–Crippen MR) is 204 cm³/mol. The SMILES string of the molecule is CC(C)c1csc(-c2cccc3c2nc(O[C@@H]2C[C@H]4C(=O)N[C@]5(C(=O)NS(=O)(=O)C6(C)CC6)C[C@@H]5/C=C\CCCCC[C@H](N)C(=O)N4C2)n3C(C)C)n1. The summed E-state index contributed by atoms with van der Waals surface area (Å²) in [6.07, 6.45) is 8.36. The van der Waals surface area contributed by atoms with Gasteiger partial charge in [-0.1, -0.05) is 44.9 Å². The number of fused-ring (bicyclic) bond motifs is 3. The number of hydrogen-bond donors (Lipinski definition) is 3. The molecular weight excluding hydrogens is 715 g/mol. The quantitative estimate of drug-likeness (QED) is 0.268. The molecule has 7 rings (SSSR count). The van der Waals surface area contributed by atoms with E-state index >= 15 is 0 Å². The normalized spacial score (nSPS) is 28.2. The molecule has 4 aliphatic rings. The average molecular weight is 766 g/mol. The highest BCUT2D eigenvalue weighted by Crippen LogP contribution is 2.47. The molecule has 53 heavy (non-hydrogen) atoms. The zero-order valence-corrected chi connectivity index (χ0v) is 32.8. The second-order valence-electron chi connectivity index (χ2n) is 16.1. The fourth-order valence-corrected chi connectivity index (χ4v) is 9.83. The Balaban J connectivity index is 1.19. The van der Waals surface area contributed by atoms with Crippen LogP contribution in [0.25, 0.3) is 21.6 Å². The number of benzene rings is 1. The van der Waals surface area contributed by atoms with Crippen molar-refractivity contribution in [3.05, 3.63) is 41.4 Å². The zero-order valence-electron chi connectivity index (χ0n) is 31.1. The molecule has 0 unspecified atom stereocenters. The molecular formula is C38H51N7O6S2. The minimum absolute atomic E-state index is 0.0228. The third-order valence-electron chi connectivity index (χ3n) is 11.3. The number of carbonyl (C=O) groups excluding carboxylic acids is 3. The van der Waals surface area contributed by atoms with Crippen LogP contribution in [0.15, 0.2) is 35.7 Å². The maximum atomic E-state index is 14.3. The van der Waals surface area contributed by atoms with Gasteiger partial charge < -0.3 is 20.7 Å². The molecule has 4 N–H and O–H groups in total. The van der Waals surface area contributed by atoms with Crippen LogP contribution >= 0.6 is 11.3 Å². The third-order valence-corrected chi connectivity index (χ3v) is 14.4. The smallest absolute Gasteiger partial charge is 0.297 e. The van der Waals surface area contributed by atoms with Crippen molar-refractivity contribution in [3.63, 3.8) is 0 Å². The van der Waals surface area contributed by atoms with Gasteiger partial charge in [-0.05, 0) is 77.3 Å². The topological polar surface area (TPSA) is 179 Å². The first-order chi connectivity index (χ1) is 25.1. The lowest BCUT2D eigenvalue weighted by molar-refractivity contribution is -0.140. The van der Waals surface area contributed by atoms with Gasteiger partial charge in [0.1, 0.15) is 28.2 Å². The molecule has 2 saturated carbocycles. The number of ether oxygens (including phenoxy) is 1. The standard InChI is InChI=1S/C38H51N7O6S2/c1-22(2)28-21-52-33(40-28)26-13-11-15-29-31(26)41-36(45(29)23(3)4)51-25-18-30-32(46)42-38(35(48)43-53(49,50)37(5)16-17-37)19-24(38)12-9-7-6-8-10-14-27(39)34(47)44(30)20-25/h9,11-13,15,21-25,27,30H,6-8,10,14,16-20,39H2,1-5H3,(H,42,46)(H,43,48)/b12-9-/t24-,25+,27-,30-,38+/m0/s1. The lowest BCUT2D eigenvalue weighted by Crippen LogP contribution is -2.58. The minimum atomic E-state index is -3.94. The van der Waals surface area contributed by atoms with E-state index in [2.05, 4.69) is 29.3 Å². The maximum absolute atomic E-state index is 14.3. The summed E-state index contributed by atoms with van der Waals surface area (Å²) in [6.45, 7) is 10.0. The first-order valence-electron chi connectivity index (χ1n) is 18.9. The van der Waals surface area contributed by atoms with Gasteiger partial charge in [-0.3, -0.25) is 23.7 Å². The fourth-order valence-electron chi connectivity index (χ4n) is 7.52. The molecule has 3 fully saturated rings. The number of sulfonamides is 1. The van der Waals surface area contributed by atoms with Crippen molar-refractivity contribution < 1.29 is 27.5 Å². The van der Waals surface area contributed by atoms with Crippen LogP contribution in [0.1, 0.15) is 110 Å². The highest BCUT2D eigenvalue weighted by molar-refractivity contribution is 7.91. The molecule has 2 aromatic heterocycles. The second-order valence-corrected chi connectivity index (χ2v) is 19.1. The molecule has 3 aromatic rings. The van der Waals surface area contributed by atoms with Gasteiger partial charge in [-0.25, -0.2) is 13.4 Å². The van der Waals surface area contributed by atoms with Crippen LogP contribution < -0.4 is 20.5 Å². The van der Waals surface area contributed by atoms with Crippen molar-refractivity contribution in [2.45, 2.75) is 133 Å². The Labute approximate surface area is 315 Å². The molecule has 2 aliphatic carbocycles. The number of amides is 3. The monoisotopic (exact) mass is 765 g/mol. The number of rotatable bonds is 8. The van der Waals surface area contributed by atoms with Crippen LogP contribution in [-0.4, -0.2) is 80.6 Å². The van der Waals surface area contributed by atoms with E-state index in [1.54, 1.807) is 18.3 Å². The van der Waals surface area contributed by atoms with E-state index in [9.17, 15) is 22.8 Å². The van der Waals surface area contributed by atoms with Crippen molar-refractivity contribution in [2.75, 3.05) is 6.54 Å². The minimum Gasteiger partial charge on any atom is -0.459 e. The van der Waals surface area contributed by atoms with Crippen molar-refractivity contribution >= 4 is 50.1 Å². The van der Waals surface area contributed by atoms with E-state index < -0.39 is 50.3 Å². The van der Waals surface area contributed by atoms with Crippen LogP contribution in [0, 0.1) is 5.92 Å². The number of imidazole rings is 1. The first kappa shape index (κ1) is 37.5. The van der Waals surface area contributed by atoms with Crippen LogP contribution in [0.2, 0.25) is 0 Å². The summed E-state index contributed by atoms with van der Waals surface area (Å²) in [5.74, 6) is -1.74. The Morgan fingerprint density at radius 3 is 2.60 bits per heavy atom. The summed E-state index contributed by atoms with van der Waals surface area (Å²) in [5, 5.41) is 5.86. The third kappa shape index (κ3) is 7.11. The number of para-hydroxylation sites is 1. The molecule has 13 nitrogen and oxygen atoms in total. The van der Waals surface area contributed by atoms with Crippen molar-refractivity contribution in [1.82, 2.24) is 29.5 Å². The van der Waals surface area contributed by atoms with Crippen LogP contribution in [0.5, 0.6) is 6.01 Å². The number of carbonyl (C=O) groups is 3. The van der Waals surface area contributed by atoms with Crippen LogP contribution in [-0.2, 0) is 24.4 Å². The highest BCUT2D eigenvalue weighted by Gasteiger charge is 2.63. The van der Waals surface area contributed by atoms with E-state index in [-0.39, 0.29) is 37.3 Å². The van der Waals surface area contributed by atoms with Gasteiger partial charge >= 0.3 is 0 Å². The Hall–Kier alpha value is -3.82. The molecule has 286 valence electrons. The zero-order chi connectivity index (χ0) is 37.9. The molecule has 1 aromatic carbocycles. The van der Waals surface area contributed by atoms with Crippen LogP contribution in [0.3, 0.4) is 0 Å². The highest BCUT2D eigenvalue weighted by atomic mass is 32.2. The van der Waals surface area contributed by atoms with E-state index in [1.165, 1.54) is 4.90 Å². The number of nitrogens with one attached hydrogen (secondary N) is 2. The summed E-state index contributed by atoms with van der Waals surface area (Å²) in [7, 11) is -3.94. The Morgan fingerprint density at radius 2 is 1.91 bits per heavy atom. The summed E-state index contributed by atoms with van der Waals surface area (Å²) < 4.78 is 36.1. The van der Waals surface area contributed by atoms with E-state index in [1.807, 2.05) is 48.8 Å². The number of aromatic nitrogens is 3. The number of hydrogen-bond acceptors (Lipinski definition) is 10. The fraction of sp³-hybridized carbons (Fsp3) is 0.605. The number of thiazole rings is 1. The van der Waals surface area contributed by atoms with Gasteiger partial charge in [0.05, 0.1) is 28.5 Å². The Morgan fingerprint density at radius 1 is 1.13 bits per heavy atom. The summed E-state index contributed by atoms with van der Waals surface area (Å²) in [4.78, 5) is 53.4. The van der Waals surface area contributed by atoms with E-state index in [4.69, 9.17) is 20.4 Å². The van der Waals surface area contributed by atoms with E-state index in [0.29, 0.717) is 31.2 Å². The van der Waals surface area contributed by atoms with Crippen LogP contribution in [0.4, 0.5) is 0 Å². The molecule has 5 atom stereocenters. The molecule has 3 amide bonds. The summed E-state index contributed by atoms with van der Waals surface area (Å²) in [6, 6.07) is 4.54. The largest absolute Gasteiger partial charge is 0.459 e. The van der Waals surface area contributed by atoms with Gasteiger partial charge in [0.15, 0.2) is 0 Å².